The summed E-state index contributed by atoms with van der Waals surface area (Å²) in [5.41, 5.74) is 9.97. The highest BCUT2D eigenvalue weighted by Gasteiger charge is 2.37. The van der Waals surface area contributed by atoms with Crippen molar-refractivity contribution < 1.29 is 4.74 Å². The molecule has 0 radical (unpaired) electrons. The van der Waals surface area contributed by atoms with Crippen LogP contribution >= 0.6 is 11.6 Å². The highest BCUT2D eigenvalue weighted by atomic mass is 35.5. The topological polar surface area (TPSA) is 35.2 Å². The molecule has 1 saturated carbocycles. The first-order valence-electron chi connectivity index (χ1n) is 7.10. The summed E-state index contributed by atoms with van der Waals surface area (Å²) in [6, 6.07) is 1.99. The first kappa shape index (κ1) is 14.7. The lowest BCUT2D eigenvalue weighted by Gasteiger charge is -2.39. The van der Waals surface area contributed by atoms with Crippen molar-refractivity contribution in [2.75, 3.05) is 13.7 Å². The van der Waals surface area contributed by atoms with Gasteiger partial charge in [0.2, 0.25) is 0 Å². The van der Waals surface area contributed by atoms with Gasteiger partial charge in [-0.15, -0.1) is 0 Å². The molecule has 3 heteroatoms. The second kappa shape index (κ2) is 5.72. The molecule has 0 spiro atoms. The number of hydrogen-bond donors (Lipinski definition) is 1. The lowest BCUT2D eigenvalue weighted by molar-refractivity contribution is 0.286. The number of methoxy groups -OCH3 is 1. The standard InChI is InChI=1S/C16H24ClNO/c1-11-9-13(17)15(19-3)14(12(11)2)16(10-18)7-5-4-6-8-16/h9H,4-8,10,18H2,1-3H3. The molecule has 0 aliphatic heterocycles. The quantitative estimate of drug-likeness (QED) is 0.904. The number of halogens is 1. The summed E-state index contributed by atoms with van der Waals surface area (Å²) in [5.74, 6) is 0.831. The van der Waals surface area contributed by atoms with E-state index in [1.165, 1.54) is 36.0 Å². The van der Waals surface area contributed by atoms with Gasteiger partial charge < -0.3 is 10.5 Å². The van der Waals surface area contributed by atoms with E-state index in [1.54, 1.807) is 7.11 Å². The second-order valence-electron chi connectivity index (χ2n) is 5.75. The van der Waals surface area contributed by atoms with Gasteiger partial charge in [-0.2, -0.15) is 0 Å². The molecule has 1 aromatic carbocycles. The van der Waals surface area contributed by atoms with Crippen molar-refractivity contribution in [2.45, 2.75) is 51.4 Å². The van der Waals surface area contributed by atoms with Gasteiger partial charge in [-0.3, -0.25) is 0 Å². The number of rotatable bonds is 3. The Kier molecular flexibility index (Phi) is 4.42. The van der Waals surface area contributed by atoms with Crippen LogP contribution in [0, 0.1) is 13.8 Å². The Bertz CT molecular complexity index is 464. The largest absolute Gasteiger partial charge is 0.495 e. The molecule has 2 rings (SSSR count). The highest BCUT2D eigenvalue weighted by Crippen LogP contribution is 2.47. The summed E-state index contributed by atoms with van der Waals surface area (Å²) in [5, 5.41) is 0.707. The molecule has 19 heavy (non-hydrogen) atoms. The summed E-state index contributed by atoms with van der Waals surface area (Å²) in [6.07, 6.45) is 6.07. The van der Waals surface area contributed by atoms with Crippen LogP contribution in [0.2, 0.25) is 5.02 Å². The number of benzene rings is 1. The molecule has 2 N–H and O–H groups in total. The third-order valence-corrected chi connectivity index (χ3v) is 4.97. The van der Waals surface area contributed by atoms with Crippen LogP contribution in [0.4, 0.5) is 0 Å². The Morgan fingerprint density at radius 3 is 2.42 bits per heavy atom. The molecule has 0 unspecified atom stereocenters. The van der Waals surface area contributed by atoms with E-state index in [9.17, 15) is 0 Å². The summed E-state index contributed by atoms with van der Waals surface area (Å²) in [4.78, 5) is 0. The van der Waals surface area contributed by atoms with Crippen LogP contribution in [0.25, 0.3) is 0 Å². The lowest BCUT2D eigenvalue weighted by Crippen LogP contribution is -2.38. The predicted octanol–water partition coefficient (Wildman–Crippen LogP) is 4.13. The summed E-state index contributed by atoms with van der Waals surface area (Å²) >= 11 is 6.38. The minimum Gasteiger partial charge on any atom is -0.495 e. The molecule has 0 heterocycles. The number of ether oxygens (including phenoxy) is 1. The van der Waals surface area contributed by atoms with Gasteiger partial charge in [-0.05, 0) is 43.9 Å². The van der Waals surface area contributed by atoms with Gasteiger partial charge in [0.15, 0.2) is 0 Å². The molecule has 1 fully saturated rings. The minimum atomic E-state index is 0.0450. The molecule has 1 aromatic rings. The van der Waals surface area contributed by atoms with Crippen LogP contribution in [0.3, 0.4) is 0 Å². The molecule has 0 bridgehead atoms. The maximum absolute atomic E-state index is 6.38. The summed E-state index contributed by atoms with van der Waals surface area (Å²) < 4.78 is 5.60. The van der Waals surface area contributed by atoms with Crippen molar-refractivity contribution in [3.05, 3.63) is 27.8 Å². The zero-order valence-corrected chi connectivity index (χ0v) is 12.9. The van der Waals surface area contributed by atoms with E-state index < -0.39 is 0 Å². The van der Waals surface area contributed by atoms with Gasteiger partial charge in [0.25, 0.3) is 0 Å². The van der Waals surface area contributed by atoms with Crippen molar-refractivity contribution in [2.24, 2.45) is 5.73 Å². The van der Waals surface area contributed by atoms with Crippen LogP contribution in [-0.2, 0) is 5.41 Å². The highest BCUT2D eigenvalue weighted by molar-refractivity contribution is 6.32. The number of nitrogens with two attached hydrogens (primary N) is 1. The first-order chi connectivity index (χ1) is 9.05. The summed E-state index contributed by atoms with van der Waals surface area (Å²) in [6.45, 7) is 4.94. The third-order valence-electron chi connectivity index (χ3n) is 4.69. The zero-order chi connectivity index (χ0) is 14.0. The Morgan fingerprint density at radius 2 is 1.89 bits per heavy atom. The number of aryl methyl sites for hydroxylation is 1. The maximum atomic E-state index is 6.38. The zero-order valence-electron chi connectivity index (χ0n) is 12.2. The third kappa shape index (κ3) is 2.48. The fourth-order valence-electron chi connectivity index (χ4n) is 3.47. The fourth-order valence-corrected chi connectivity index (χ4v) is 3.81. The fraction of sp³-hybridized carbons (Fsp3) is 0.625. The van der Waals surface area contributed by atoms with E-state index in [0.29, 0.717) is 11.6 Å². The lowest BCUT2D eigenvalue weighted by atomic mass is 9.67. The molecule has 0 saturated heterocycles. The van der Waals surface area contributed by atoms with Crippen molar-refractivity contribution >= 4 is 11.6 Å². The normalized spacial score (nSPS) is 18.4. The van der Waals surface area contributed by atoms with Gasteiger partial charge in [-0.1, -0.05) is 30.9 Å². The SMILES string of the molecule is COc1c(Cl)cc(C)c(C)c1C1(CN)CCCCC1. The monoisotopic (exact) mass is 281 g/mol. The van der Waals surface area contributed by atoms with Gasteiger partial charge in [-0.25, -0.2) is 0 Å². The van der Waals surface area contributed by atoms with E-state index >= 15 is 0 Å². The molecular weight excluding hydrogens is 258 g/mol. The predicted molar refractivity (Wildman–Crippen MR) is 81.3 cm³/mol. The second-order valence-corrected chi connectivity index (χ2v) is 6.16. The van der Waals surface area contributed by atoms with E-state index in [-0.39, 0.29) is 5.41 Å². The Labute approximate surface area is 121 Å². The number of hydrogen-bond acceptors (Lipinski definition) is 2. The van der Waals surface area contributed by atoms with Crippen LogP contribution in [0.15, 0.2) is 6.07 Å². The van der Waals surface area contributed by atoms with E-state index in [4.69, 9.17) is 22.1 Å². The van der Waals surface area contributed by atoms with Gasteiger partial charge in [0.05, 0.1) is 12.1 Å². The molecular formula is C16H24ClNO. The Balaban J connectivity index is 2.64. The molecule has 106 valence electrons. The van der Waals surface area contributed by atoms with Crippen LogP contribution in [0.5, 0.6) is 5.75 Å². The first-order valence-corrected chi connectivity index (χ1v) is 7.48. The Morgan fingerprint density at radius 1 is 1.26 bits per heavy atom. The van der Waals surface area contributed by atoms with Crippen LogP contribution in [0.1, 0.15) is 48.8 Å². The molecule has 1 aliphatic carbocycles. The summed E-state index contributed by atoms with van der Waals surface area (Å²) in [7, 11) is 1.70. The molecule has 2 nitrogen and oxygen atoms in total. The van der Waals surface area contributed by atoms with E-state index in [2.05, 4.69) is 13.8 Å². The molecule has 0 atom stereocenters. The van der Waals surface area contributed by atoms with Crippen LogP contribution in [-0.4, -0.2) is 13.7 Å². The van der Waals surface area contributed by atoms with E-state index in [0.717, 1.165) is 18.6 Å². The van der Waals surface area contributed by atoms with Gasteiger partial charge in [0, 0.05) is 17.5 Å². The van der Waals surface area contributed by atoms with Gasteiger partial charge >= 0.3 is 0 Å². The molecule has 0 amide bonds. The van der Waals surface area contributed by atoms with E-state index in [1.807, 2.05) is 6.07 Å². The average molecular weight is 282 g/mol. The smallest absolute Gasteiger partial charge is 0.141 e. The molecule has 0 aromatic heterocycles. The van der Waals surface area contributed by atoms with Crippen molar-refractivity contribution in [3.8, 4) is 5.75 Å². The van der Waals surface area contributed by atoms with Crippen molar-refractivity contribution in [1.82, 2.24) is 0 Å². The van der Waals surface area contributed by atoms with Crippen LogP contribution < -0.4 is 10.5 Å². The Hall–Kier alpha value is -0.730. The minimum absolute atomic E-state index is 0.0450. The van der Waals surface area contributed by atoms with Gasteiger partial charge in [0.1, 0.15) is 5.75 Å². The molecule has 1 aliphatic rings. The average Bonchev–Trinajstić information content (AvgIpc) is 2.43. The maximum Gasteiger partial charge on any atom is 0.141 e. The van der Waals surface area contributed by atoms with Crippen molar-refractivity contribution in [1.29, 1.82) is 0 Å². The van der Waals surface area contributed by atoms with Crippen molar-refractivity contribution in [3.63, 3.8) is 0 Å².